The number of carbonyl (C=O) groups is 4. The summed E-state index contributed by atoms with van der Waals surface area (Å²) in [4.78, 5) is 51.9. The molecule has 1 aliphatic carbocycles. The molecule has 46 heavy (non-hydrogen) atoms. The Bertz CT molecular complexity index is 1590. The molecule has 1 aliphatic rings. The molecule has 0 aliphatic heterocycles. The fourth-order valence-corrected chi connectivity index (χ4v) is 5.32. The maximum Gasteiger partial charge on any atom is 0.410 e. The average molecular weight is 627 g/mol. The molecule has 0 spiro atoms. The van der Waals surface area contributed by atoms with Gasteiger partial charge in [-0.1, -0.05) is 74.4 Å². The largest absolute Gasteiger partial charge is 0.449 e. The lowest BCUT2D eigenvalue weighted by atomic mass is 9.98. The van der Waals surface area contributed by atoms with Crippen LogP contribution in [0.3, 0.4) is 0 Å². The van der Waals surface area contributed by atoms with Crippen molar-refractivity contribution in [3.05, 3.63) is 89.0 Å². The van der Waals surface area contributed by atoms with Gasteiger partial charge in [-0.3, -0.25) is 9.59 Å². The molecule has 0 saturated carbocycles. The fourth-order valence-electron chi connectivity index (χ4n) is 5.32. The molecule has 4 rings (SSSR count). The summed E-state index contributed by atoms with van der Waals surface area (Å²) in [6.45, 7) is 2.95. The number of carbonyl (C=O) groups excluding carboxylic acids is 4. The molecule has 0 aromatic heterocycles. The van der Waals surface area contributed by atoms with Gasteiger partial charge in [0.25, 0.3) is 0 Å². The fraction of sp³-hybridized carbons (Fsp3) is 0.314. The zero-order valence-corrected chi connectivity index (χ0v) is 26.0. The third-order valence-electron chi connectivity index (χ3n) is 7.65. The van der Waals surface area contributed by atoms with E-state index in [4.69, 9.17) is 15.9 Å². The summed E-state index contributed by atoms with van der Waals surface area (Å²) in [7, 11) is 1.52. The molecule has 4 amide bonds. The highest BCUT2D eigenvalue weighted by Gasteiger charge is 2.30. The van der Waals surface area contributed by atoms with Crippen LogP contribution in [0.4, 0.5) is 15.3 Å². The number of rotatable bonds is 12. The van der Waals surface area contributed by atoms with E-state index in [9.17, 15) is 24.3 Å². The number of nitrogens with zero attached hydrogens (tertiary/aromatic N) is 1. The van der Waals surface area contributed by atoms with Gasteiger partial charge in [0.15, 0.2) is 6.61 Å². The molecule has 0 bridgehead atoms. The van der Waals surface area contributed by atoms with Gasteiger partial charge in [-0.2, -0.15) is 0 Å². The number of benzene rings is 3. The van der Waals surface area contributed by atoms with Gasteiger partial charge in [-0.25, -0.2) is 9.59 Å². The van der Waals surface area contributed by atoms with E-state index < -0.39 is 30.0 Å². The van der Waals surface area contributed by atoms with E-state index in [-0.39, 0.29) is 44.7 Å². The number of hydrogen-bond donors (Lipinski definition) is 4. The van der Waals surface area contributed by atoms with Crippen molar-refractivity contribution >= 4 is 29.7 Å². The number of fused-ring (bicyclic) bond motifs is 3. The van der Waals surface area contributed by atoms with Crippen molar-refractivity contribution in [2.24, 2.45) is 5.92 Å². The Labute approximate surface area is 268 Å². The average Bonchev–Trinajstić information content (AvgIpc) is 3.37. The van der Waals surface area contributed by atoms with E-state index >= 15 is 0 Å². The highest BCUT2D eigenvalue weighted by Crippen LogP contribution is 2.44. The zero-order chi connectivity index (χ0) is 33.2. The van der Waals surface area contributed by atoms with Crippen LogP contribution in [0.15, 0.2) is 66.7 Å². The van der Waals surface area contributed by atoms with Crippen molar-refractivity contribution in [2.45, 2.75) is 39.0 Å². The summed E-state index contributed by atoms with van der Waals surface area (Å²) < 4.78 is 10.5. The molecule has 0 fully saturated rings. The number of aliphatic hydroxyl groups is 1. The maximum atomic E-state index is 13.0. The highest BCUT2D eigenvalue weighted by molar-refractivity contribution is 5.96. The predicted molar refractivity (Wildman–Crippen MR) is 172 cm³/mol. The molecule has 0 radical (unpaired) electrons. The Morgan fingerprint density at radius 1 is 0.957 bits per heavy atom. The molecule has 3 aromatic carbocycles. The number of alkyl carbamates (subject to hydrolysis) is 1. The number of nitrogens with one attached hydrogen (secondary N) is 3. The van der Waals surface area contributed by atoms with Crippen LogP contribution in [0, 0.1) is 18.3 Å². The number of terminal acetylenes is 1. The lowest BCUT2D eigenvalue weighted by Crippen LogP contribution is -2.51. The smallest absolute Gasteiger partial charge is 0.410 e. The van der Waals surface area contributed by atoms with Crippen LogP contribution < -0.4 is 16.0 Å². The van der Waals surface area contributed by atoms with Gasteiger partial charge < -0.3 is 35.4 Å². The van der Waals surface area contributed by atoms with Crippen molar-refractivity contribution in [3.63, 3.8) is 0 Å². The van der Waals surface area contributed by atoms with E-state index in [0.717, 1.165) is 22.3 Å². The third-order valence-corrected chi connectivity index (χ3v) is 7.65. The lowest BCUT2D eigenvalue weighted by Gasteiger charge is -2.22. The zero-order valence-electron chi connectivity index (χ0n) is 26.0. The molecular formula is C35H38N4O7. The number of amides is 4. The molecule has 1 atom stereocenters. The summed E-state index contributed by atoms with van der Waals surface area (Å²) in [6.07, 6.45) is 3.76. The second-order valence-corrected chi connectivity index (χ2v) is 11.2. The van der Waals surface area contributed by atoms with Crippen LogP contribution in [0.25, 0.3) is 11.1 Å². The number of ether oxygens (including phenoxy) is 2. The predicted octanol–water partition coefficient (Wildman–Crippen LogP) is 4.00. The molecule has 3 aromatic rings. The van der Waals surface area contributed by atoms with Crippen molar-refractivity contribution in [3.8, 4) is 23.5 Å². The van der Waals surface area contributed by atoms with Crippen LogP contribution in [0.1, 0.15) is 42.0 Å². The summed E-state index contributed by atoms with van der Waals surface area (Å²) in [5.41, 5.74) is 5.91. The topological polar surface area (TPSA) is 146 Å². The third kappa shape index (κ3) is 8.22. The van der Waals surface area contributed by atoms with E-state index in [1.165, 1.54) is 11.9 Å². The quantitative estimate of drug-likeness (QED) is 0.222. The minimum Gasteiger partial charge on any atom is -0.449 e. The minimum absolute atomic E-state index is 0.0946. The van der Waals surface area contributed by atoms with Crippen LogP contribution in [-0.2, 0) is 32.2 Å². The van der Waals surface area contributed by atoms with Crippen molar-refractivity contribution in [1.29, 1.82) is 0 Å². The van der Waals surface area contributed by atoms with Gasteiger partial charge >= 0.3 is 12.2 Å². The van der Waals surface area contributed by atoms with E-state index in [2.05, 4.69) is 21.9 Å². The van der Waals surface area contributed by atoms with Crippen molar-refractivity contribution in [2.75, 3.05) is 32.1 Å². The van der Waals surface area contributed by atoms with Crippen LogP contribution >= 0.6 is 0 Å². The Morgan fingerprint density at radius 3 is 2.22 bits per heavy atom. The Morgan fingerprint density at radius 2 is 1.61 bits per heavy atom. The normalized spacial score (nSPS) is 12.3. The summed E-state index contributed by atoms with van der Waals surface area (Å²) >= 11 is 0. The summed E-state index contributed by atoms with van der Waals surface area (Å²) in [5, 5.41) is 17.6. The van der Waals surface area contributed by atoms with Crippen LogP contribution in [-0.4, -0.2) is 66.9 Å². The van der Waals surface area contributed by atoms with Gasteiger partial charge in [0.05, 0.1) is 13.2 Å². The van der Waals surface area contributed by atoms with E-state index in [1.54, 1.807) is 32.0 Å². The molecule has 240 valence electrons. The second-order valence-electron chi connectivity index (χ2n) is 11.2. The monoisotopic (exact) mass is 626 g/mol. The second kappa shape index (κ2) is 15.6. The van der Waals surface area contributed by atoms with E-state index in [1.807, 2.05) is 48.5 Å². The molecule has 11 nitrogen and oxygen atoms in total. The molecule has 0 heterocycles. The first-order valence-electron chi connectivity index (χ1n) is 14.9. The first-order chi connectivity index (χ1) is 22.1. The first-order valence-corrected chi connectivity index (χ1v) is 14.9. The standard InChI is InChI=1S/C35H38N4O7/c1-5-16-45-35(44)39(4)19-24-17-25(15-14-23(24)20-40)37-31(41)18-36-33(42)32(22(2)3)38-34(43)46-21-30-28-12-8-6-10-26(28)27-11-7-9-13-29(27)30/h1,6-15,17,22,30,32,40H,16,18-21H2,2-4H3,(H,36,42)(H,37,41)(H,38,43). The lowest BCUT2D eigenvalue weighted by molar-refractivity contribution is -0.126. The number of anilines is 1. The van der Waals surface area contributed by atoms with Crippen molar-refractivity contribution in [1.82, 2.24) is 15.5 Å². The van der Waals surface area contributed by atoms with Crippen LogP contribution in [0.2, 0.25) is 0 Å². The molecule has 11 heteroatoms. The number of aliphatic hydroxyl groups excluding tert-OH is 1. The van der Waals surface area contributed by atoms with Gasteiger partial charge in [-0.05, 0) is 51.4 Å². The molecule has 4 N–H and O–H groups in total. The molecule has 0 saturated heterocycles. The first kappa shape index (κ1) is 33.6. The van der Waals surface area contributed by atoms with Crippen LogP contribution in [0.5, 0.6) is 0 Å². The minimum atomic E-state index is -0.941. The van der Waals surface area contributed by atoms with E-state index in [0.29, 0.717) is 16.8 Å². The number of hydrogen-bond acceptors (Lipinski definition) is 7. The summed E-state index contributed by atoms with van der Waals surface area (Å²) in [6, 6.07) is 19.9. The molecule has 1 unspecified atom stereocenters. The maximum absolute atomic E-state index is 13.0. The van der Waals surface area contributed by atoms with Gasteiger partial charge in [-0.15, -0.1) is 6.42 Å². The van der Waals surface area contributed by atoms with Gasteiger partial charge in [0.2, 0.25) is 11.8 Å². The molecular weight excluding hydrogens is 588 g/mol. The van der Waals surface area contributed by atoms with Crippen molar-refractivity contribution < 1.29 is 33.8 Å². The Hall–Kier alpha value is -5.34. The Balaban J connectivity index is 1.30. The van der Waals surface area contributed by atoms with Gasteiger partial charge in [0.1, 0.15) is 12.6 Å². The highest BCUT2D eigenvalue weighted by atomic mass is 16.6. The Kier molecular flexibility index (Phi) is 11.4. The summed E-state index contributed by atoms with van der Waals surface area (Å²) in [5.74, 6) is 0.756. The SMILES string of the molecule is C#CCOC(=O)N(C)Cc1cc(NC(=O)CNC(=O)C(NC(=O)OCC2c3ccccc3-c3ccccc32)C(C)C)ccc1CO. The van der Waals surface area contributed by atoms with Gasteiger partial charge in [0, 0.05) is 25.2 Å².